The molecule has 1 unspecified atom stereocenters. The summed E-state index contributed by atoms with van der Waals surface area (Å²) in [5.41, 5.74) is 1.21. The van der Waals surface area contributed by atoms with Gasteiger partial charge < -0.3 is 5.32 Å². The maximum atomic E-state index is 12.3. The van der Waals surface area contributed by atoms with Crippen molar-refractivity contribution in [3.8, 4) is 0 Å². The first kappa shape index (κ1) is 13.2. The van der Waals surface area contributed by atoms with Gasteiger partial charge in [0.15, 0.2) is 15.6 Å². The van der Waals surface area contributed by atoms with E-state index in [4.69, 9.17) is 0 Å². The molecule has 98 valence electrons. The number of sulfone groups is 1. The molecule has 1 aromatic rings. The summed E-state index contributed by atoms with van der Waals surface area (Å²) >= 11 is 0. The minimum Gasteiger partial charge on any atom is -0.307 e. The predicted molar refractivity (Wildman–Crippen MR) is 69.6 cm³/mol. The van der Waals surface area contributed by atoms with Crippen molar-refractivity contribution in [1.82, 2.24) is 5.32 Å². The molecule has 1 aliphatic rings. The fourth-order valence-electron chi connectivity index (χ4n) is 2.26. The van der Waals surface area contributed by atoms with Crippen LogP contribution < -0.4 is 5.32 Å². The molecule has 1 saturated heterocycles. The Bertz CT molecular complexity index is 572. The molecular formula is C13H17NO3S. The second-order valence-corrected chi connectivity index (χ2v) is 6.77. The van der Waals surface area contributed by atoms with Crippen molar-refractivity contribution in [3.05, 3.63) is 29.3 Å². The lowest BCUT2D eigenvalue weighted by atomic mass is 10.0. The number of hydrogen-bond donors (Lipinski definition) is 1. The molecule has 0 spiro atoms. The Hall–Kier alpha value is -1.20. The molecule has 2 rings (SSSR count). The first-order chi connectivity index (χ1) is 8.39. The molecule has 1 aromatic carbocycles. The normalized spacial score (nSPS) is 20.0. The van der Waals surface area contributed by atoms with Gasteiger partial charge in [0.1, 0.15) is 0 Å². The summed E-state index contributed by atoms with van der Waals surface area (Å²) in [5, 5.41) is 3.11. The molecule has 0 saturated carbocycles. The Kier molecular flexibility index (Phi) is 3.54. The highest BCUT2D eigenvalue weighted by molar-refractivity contribution is 7.90. The summed E-state index contributed by atoms with van der Waals surface area (Å²) in [6.45, 7) is 2.67. The highest BCUT2D eigenvalue weighted by Gasteiger charge is 2.27. The molecule has 4 nitrogen and oxygen atoms in total. The maximum Gasteiger partial charge on any atom is 0.181 e. The molecule has 1 aliphatic heterocycles. The third-order valence-electron chi connectivity index (χ3n) is 3.18. The van der Waals surface area contributed by atoms with Crippen molar-refractivity contribution in [1.29, 1.82) is 0 Å². The Morgan fingerprint density at radius 3 is 2.67 bits per heavy atom. The second kappa shape index (κ2) is 4.82. The summed E-state index contributed by atoms with van der Waals surface area (Å²) in [7, 11) is -3.37. The number of benzene rings is 1. The van der Waals surface area contributed by atoms with Crippen molar-refractivity contribution >= 4 is 15.6 Å². The van der Waals surface area contributed by atoms with E-state index < -0.39 is 9.84 Å². The van der Waals surface area contributed by atoms with Crippen molar-refractivity contribution in [2.45, 2.75) is 30.7 Å². The molecule has 0 amide bonds. The lowest BCUT2D eigenvalue weighted by Gasteiger charge is -2.13. The van der Waals surface area contributed by atoms with E-state index in [1.807, 2.05) is 6.92 Å². The van der Waals surface area contributed by atoms with Crippen LogP contribution in [-0.2, 0) is 9.84 Å². The second-order valence-electron chi connectivity index (χ2n) is 4.78. The zero-order chi connectivity index (χ0) is 13.3. The van der Waals surface area contributed by atoms with Crippen LogP contribution in [0.2, 0.25) is 0 Å². The Morgan fingerprint density at radius 1 is 1.39 bits per heavy atom. The summed E-state index contributed by atoms with van der Waals surface area (Å²) in [4.78, 5) is 12.5. The number of rotatable bonds is 3. The van der Waals surface area contributed by atoms with Crippen molar-refractivity contribution in [3.63, 3.8) is 0 Å². The Balaban J connectivity index is 2.48. The fraction of sp³-hybridized carbons (Fsp3) is 0.462. The SMILES string of the molecule is Cc1ccc(S(C)(=O)=O)c(C(=O)C2CCCN2)c1. The Labute approximate surface area is 107 Å². The zero-order valence-electron chi connectivity index (χ0n) is 10.6. The molecule has 1 N–H and O–H groups in total. The van der Waals surface area contributed by atoms with E-state index >= 15 is 0 Å². The van der Waals surface area contributed by atoms with E-state index in [0.29, 0.717) is 5.56 Å². The van der Waals surface area contributed by atoms with Gasteiger partial charge in [-0.1, -0.05) is 11.6 Å². The monoisotopic (exact) mass is 267 g/mol. The lowest BCUT2D eigenvalue weighted by molar-refractivity contribution is 0.0949. The van der Waals surface area contributed by atoms with Gasteiger partial charge in [0, 0.05) is 11.8 Å². The molecule has 0 radical (unpaired) electrons. The fourth-order valence-corrected chi connectivity index (χ4v) is 3.13. The Morgan fingerprint density at radius 2 is 2.11 bits per heavy atom. The van der Waals surface area contributed by atoms with Gasteiger partial charge in [0.25, 0.3) is 0 Å². The summed E-state index contributed by atoms with van der Waals surface area (Å²) < 4.78 is 23.4. The molecular weight excluding hydrogens is 250 g/mol. The van der Waals surface area contributed by atoms with Crippen LogP contribution in [0.4, 0.5) is 0 Å². The van der Waals surface area contributed by atoms with E-state index in [-0.39, 0.29) is 16.7 Å². The van der Waals surface area contributed by atoms with Crippen LogP contribution in [0, 0.1) is 6.92 Å². The van der Waals surface area contributed by atoms with E-state index in [2.05, 4.69) is 5.32 Å². The molecule has 1 heterocycles. The summed E-state index contributed by atoms with van der Waals surface area (Å²) in [5.74, 6) is -0.114. The van der Waals surface area contributed by atoms with Gasteiger partial charge in [0.05, 0.1) is 10.9 Å². The van der Waals surface area contributed by atoms with E-state index in [0.717, 1.165) is 31.2 Å². The van der Waals surface area contributed by atoms with Gasteiger partial charge >= 0.3 is 0 Å². The third-order valence-corrected chi connectivity index (χ3v) is 4.33. The van der Waals surface area contributed by atoms with Crippen LogP contribution in [0.5, 0.6) is 0 Å². The summed E-state index contributed by atoms with van der Waals surface area (Å²) in [6, 6.07) is 4.66. The number of nitrogens with one attached hydrogen (secondary N) is 1. The van der Waals surface area contributed by atoms with Crippen LogP contribution in [0.3, 0.4) is 0 Å². The van der Waals surface area contributed by atoms with Gasteiger partial charge in [-0.15, -0.1) is 0 Å². The van der Waals surface area contributed by atoms with Crippen molar-refractivity contribution < 1.29 is 13.2 Å². The smallest absolute Gasteiger partial charge is 0.181 e. The lowest BCUT2D eigenvalue weighted by Crippen LogP contribution is -2.31. The van der Waals surface area contributed by atoms with Crippen LogP contribution in [0.1, 0.15) is 28.8 Å². The zero-order valence-corrected chi connectivity index (χ0v) is 11.4. The minimum absolute atomic E-state index is 0.114. The molecule has 1 fully saturated rings. The summed E-state index contributed by atoms with van der Waals surface area (Å²) in [6.07, 6.45) is 2.86. The van der Waals surface area contributed by atoms with Gasteiger partial charge in [-0.3, -0.25) is 4.79 Å². The molecule has 18 heavy (non-hydrogen) atoms. The quantitative estimate of drug-likeness (QED) is 0.839. The van der Waals surface area contributed by atoms with Gasteiger partial charge in [-0.2, -0.15) is 0 Å². The number of Topliss-reactive ketones (excluding diaryl/α,β-unsaturated/α-hetero) is 1. The van der Waals surface area contributed by atoms with Gasteiger partial charge in [-0.25, -0.2) is 8.42 Å². The van der Waals surface area contributed by atoms with Gasteiger partial charge in [-0.05, 0) is 38.4 Å². The van der Waals surface area contributed by atoms with Crippen molar-refractivity contribution in [2.24, 2.45) is 0 Å². The van der Waals surface area contributed by atoms with Gasteiger partial charge in [0.2, 0.25) is 0 Å². The molecule has 0 aliphatic carbocycles. The molecule has 5 heteroatoms. The molecule has 0 aromatic heterocycles. The average molecular weight is 267 g/mol. The number of aryl methyl sites for hydroxylation is 1. The first-order valence-corrected chi connectivity index (χ1v) is 7.87. The van der Waals surface area contributed by atoms with E-state index in [1.54, 1.807) is 12.1 Å². The number of hydrogen-bond acceptors (Lipinski definition) is 4. The number of carbonyl (C=O) groups is 1. The predicted octanol–water partition coefficient (Wildman–Crippen LogP) is 1.33. The topological polar surface area (TPSA) is 63.2 Å². The standard InChI is InChI=1S/C13H17NO3S/c1-9-5-6-12(18(2,16)17)10(8-9)13(15)11-4-3-7-14-11/h5-6,8,11,14H,3-4,7H2,1-2H3. The van der Waals surface area contributed by atoms with Crippen molar-refractivity contribution in [2.75, 3.05) is 12.8 Å². The van der Waals surface area contributed by atoms with Crippen LogP contribution in [0.25, 0.3) is 0 Å². The third kappa shape index (κ3) is 2.62. The van der Waals surface area contributed by atoms with E-state index in [9.17, 15) is 13.2 Å². The number of carbonyl (C=O) groups excluding carboxylic acids is 1. The molecule has 1 atom stereocenters. The van der Waals surface area contributed by atoms with Crippen LogP contribution >= 0.6 is 0 Å². The van der Waals surface area contributed by atoms with Crippen LogP contribution in [0.15, 0.2) is 23.1 Å². The highest BCUT2D eigenvalue weighted by Crippen LogP contribution is 2.21. The highest BCUT2D eigenvalue weighted by atomic mass is 32.2. The maximum absolute atomic E-state index is 12.3. The minimum atomic E-state index is -3.37. The average Bonchev–Trinajstić information content (AvgIpc) is 2.79. The molecule has 0 bridgehead atoms. The number of ketones is 1. The van der Waals surface area contributed by atoms with Crippen LogP contribution in [-0.4, -0.2) is 33.0 Å². The van der Waals surface area contributed by atoms with E-state index in [1.165, 1.54) is 6.07 Å². The first-order valence-electron chi connectivity index (χ1n) is 5.98. The largest absolute Gasteiger partial charge is 0.307 e.